The average Bonchev–Trinajstić information content (AvgIpc) is 2.88. The van der Waals surface area contributed by atoms with Crippen molar-refractivity contribution in [3.63, 3.8) is 0 Å². The molecule has 2 aromatic rings. The lowest BCUT2D eigenvalue weighted by Gasteiger charge is -2.02. The molecular weight excluding hydrogens is 299 g/mol. The number of carbonyl (C=O) groups excluding carboxylic acids is 1. The molecule has 0 aliphatic carbocycles. The Morgan fingerprint density at radius 2 is 2.14 bits per heavy atom. The van der Waals surface area contributed by atoms with Gasteiger partial charge in [-0.15, -0.1) is 12.4 Å². The molecule has 2 heterocycles. The molecule has 0 bridgehead atoms. The van der Waals surface area contributed by atoms with E-state index in [4.69, 9.17) is 5.73 Å². The van der Waals surface area contributed by atoms with Gasteiger partial charge in [-0.05, 0) is 13.8 Å². The van der Waals surface area contributed by atoms with Crippen LogP contribution in [0.4, 0.5) is 10.2 Å². The van der Waals surface area contributed by atoms with Crippen LogP contribution in [0.5, 0.6) is 0 Å². The largest absolute Gasteiger partial charge is 0.364 e. The number of carbonyl (C=O) groups is 1. The molecule has 2 aromatic heterocycles. The summed E-state index contributed by atoms with van der Waals surface area (Å²) in [6, 6.07) is 1.53. The number of halogens is 2. The van der Waals surface area contributed by atoms with Crippen LogP contribution in [0.25, 0.3) is 0 Å². The molecule has 0 atom stereocenters. The topological polar surface area (TPSA) is 90.8 Å². The Balaban J connectivity index is 0.00000220. The first-order chi connectivity index (χ1) is 9.43. The van der Waals surface area contributed by atoms with E-state index < -0.39 is 5.91 Å². The zero-order valence-corrected chi connectivity index (χ0v) is 12.9. The normalized spacial score (nSPS) is 10.3. The summed E-state index contributed by atoms with van der Waals surface area (Å²) >= 11 is 0. The summed E-state index contributed by atoms with van der Waals surface area (Å²) in [5, 5.41) is 11.1. The fourth-order valence-corrected chi connectivity index (χ4v) is 1.96. The van der Waals surface area contributed by atoms with E-state index in [-0.39, 0.29) is 30.6 Å². The highest BCUT2D eigenvalue weighted by Gasteiger charge is 2.15. The lowest BCUT2D eigenvalue weighted by molar-refractivity contribution is 0.0991. The number of anilines is 1. The molecule has 116 valence electrons. The molecule has 3 N–H and O–H groups in total. The number of aromatic nitrogens is 4. The number of primary amides is 1. The monoisotopic (exact) mass is 316 g/mol. The molecule has 21 heavy (non-hydrogen) atoms. The molecule has 1 amide bonds. The second-order valence-electron chi connectivity index (χ2n) is 4.43. The highest BCUT2D eigenvalue weighted by Crippen LogP contribution is 2.15. The lowest BCUT2D eigenvalue weighted by Crippen LogP contribution is -2.15. The molecule has 0 saturated carbocycles. The SMILES string of the molecule is CCn1nc(C)c(CNc2cc(C(N)=O)n(C)n2)c1F.Cl. The first-order valence-electron chi connectivity index (χ1n) is 6.23. The van der Waals surface area contributed by atoms with Crippen molar-refractivity contribution in [3.05, 3.63) is 29.0 Å². The summed E-state index contributed by atoms with van der Waals surface area (Å²) in [7, 11) is 1.62. The van der Waals surface area contributed by atoms with E-state index in [2.05, 4.69) is 15.5 Å². The van der Waals surface area contributed by atoms with E-state index in [0.29, 0.717) is 23.6 Å². The Morgan fingerprint density at radius 1 is 1.48 bits per heavy atom. The number of nitrogens with zero attached hydrogens (tertiary/aromatic N) is 4. The van der Waals surface area contributed by atoms with Gasteiger partial charge >= 0.3 is 0 Å². The van der Waals surface area contributed by atoms with E-state index in [1.165, 1.54) is 15.4 Å². The minimum Gasteiger partial charge on any atom is -0.364 e. The van der Waals surface area contributed by atoms with Crippen molar-refractivity contribution < 1.29 is 9.18 Å². The summed E-state index contributed by atoms with van der Waals surface area (Å²) in [5.74, 6) is -0.456. The third-order valence-electron chi connectivity index (χ3n) is 3.06. The first-order valence-corrected chi connectivity index (χ1v) is 6.23. The molecule has 0 aromatic carbocycles. The minimum absolute atomic E-state index is 0. The Bertz CT molecular complexity index is 650. The number of nitrogens with one attached hydrogen (secondary N) is 1. The van der Waals surface area contributed by atoms with Gasteiger partial charge in [-0.1, -0.05) is 0 Å². The fraction of sp³-hybridized carbons (Fsp3) is 0.417. The van der Waals surface area contributed by atoms with Crippen molar-refractivity contribution in [2.24, 2.45) is 12.8 Å². The van der Waals surface area contributed by atoms with Crippen LogP contribution < -0.4 is 11.1 Å². The van der Waals surface area contributed by atoms with Gasteiger partial charge in [0.15, 0.2) is 0 Å². The molecular formula is C12H18ClFN6O. The smallest absolute Gasteiger partial charge is 0.267 e. The molecule has 0 aliphatic rings. The van der Waals surface area contributed by atoms with E-state index in [1.54, 1.807) is 14.0 Å². The summed E-state index contributed by atoms with van der Waals surface area (Å²) in [4.78, 5) is 11.1. The molecule has 0 saturated heterocycles. The Kier molecular flexibility index (Phi) is 5.31. The van der Waals surface area contributed by atoms with Gasteiger partial charge in [0.05, 0.1) is 5.69 Å². The van der Waals surface area contributed by atoms with Crippen molar-refractivity contribution in [3.8, 4) is 0 Å². The molecule has 0 spiro atoms. The van der Waals surface area contributed by atoms with Gasteiger partial charge in [0.1, 0.15) is 11.5 Å². The van der Waals surface area contributed by atoms with Crippen molar-refractivity contribution in [2.45, 2.75) is 26.9 Å². The molecule has 2 rings (SSSR count). The highest BCUT2D eigenvalue weighted by atomic mass is 35.5. The molecule has 0 radical (unpaired) electrons. The van der Waals surface area contributed by atoms with Crippen LogP contribution in [0.15, 0.2) is 6.07 Å². The number of rotatable bonds is 5. The van der Waals surface area contributed by atoms with E-state index in [9.17, 15) is 9.18 Å². The lowest BCUT2D eigenvalue weighted by atomic mass is 10.2. The number of hydrogen-bond acceptors (Lipinski definition) is 4. The van der Waals surface area contributed by atoms with Gasteiger partial charge in [0.2, 0.25) is 5.95 Å². The second kappa shape index (κ2) is 6.57. The average molecular weight is 317 g/mol. The Morgan fingerprint density at radius 3 is 2.62 bits per heavy atom. The maximum atomic E-state index is 14.0. The predicted octanol–water partition coefficient (Wildman–Crippen LogP) is 1.22. The third-order valence-corrected chi connectivity index (χ3v) is 3.06. The van der Waals surface area contributed by atoms with Crippen molar-refractivity contribution in [1.29, 1.82) is 0 Å². The van der Waals surface area contributed by atoms with Crippen molar-refractivity contribution in [1.82, 2.24) is 19.6 Å². The van der Waals surface area contributed by atoms with Gasteiger partial charge in [-0.25, -0.2) is 4.68 Å². The molecule has 0 unspecified atom stereocenters. The van der Waals surface area contributed by atoms with Crippen LogP contribution in [-0.4, -0.2) is 25.5 Å². The maximum absolute atomic E-state index is 14.0. The predicted molar refractivity (Wildman–Crippen MR) is 78.9 cm³/mol. The number of amides is 1. The van der Waals surface area contributed by atoms with Gasteiger partial charge in [0.25, 0.3) is 5.91 Å². The van der Waals surface area contributed by atoms with Crippen LogP contribution in [0, 0.1) is 12.9 Å². The molecule has 9 heteroatoms. The number of hydrogen-bond donors (Lipinski definition) is 2. The summed E-state index contributed by atoms with van der Waals surface area (Å²) in [5.41, 5.74) is 6.60. The standard InChI is InChI=1S/C12H17FN6O.ClH/c1-4-19-11(13)8(7(2)16-19)6-15-10-5-9(12(14)20)18(3)17-10;/h5H,4,6H2,1-3H3,(H2,14,20)(H,15,17);1H. The maximum Gasteiger partial charge on any atom is 0.267 e. The van der Waals surface area contributed by atoms with E-state index >= 15 is 0 Å². The number of nitrogens with two attached hydrogens (primary N) is 1. The zero-order valence-electron chi connectivity index (χ0n) is 12.1. The van der Waals surface area contributed by atoms with Crippen LogP contribution in [-0.2, 0) is 20.1 Å². The Hall–Kier alpha value is -2.09. The van der Waals surface area contributed by atoms with E-state index in [0.717, 1.165) is 0 Å². The fourth-order valence-electron chi connectivity index (χ4n) is 1.96. The minimum atomic E-state index is -0.561. The summed E-state index contributed by atoms with van der Waals surface area (Å²) in [6.07, 6.45) is 0. The van der Waals surface area contributed by atoms with Gasteiger partial charge in [-0.2, -0.15) is 14.6 Å². The van der Waals surface area contributed by atoms with Crippen LogP contribution in [0.1, 0.15) is 28.7 Å². The molecule has 7 nitrogen and oxygen atoms in total. The van der Waals surface area contributed by atoms with E-state index in [1.807, 2.05) is 6.92 Å². The zero-order chi connectivity index (χ0) is 14.9. The van der Waals surface area contributed by atoms with Crippen LogP contribution >= 0.6 is 12.4 Å². The summed E-state index contributed by atoms with van der Waals surface area (Å²) < 4.78 is 16.7. The number of aryl methyl sites for hydroxylation is 3. The Labute approximate surface area is 127 Å². The quantitative estimate of drug-likeness (QED) is 0.867. The molecule has 0 aliphatic heterocycles. The third kappa shape index (κ3) is 3.33. The van der Waals surface area contributed by atoms with Gasteiger partial charge < -0.3 is 11.1 Å². The van der Waals surface area contributed by atoms with Gasteiger partial charge in [-0.3, -0.25) is 9.48 Å². The van der Waals surface area contributed by atoms with Crippen LogP contribution in [0.3, 0.4) is 0 Å². The second-order valence-corrected chi connectivity index (χ2v) is 4.43. The van der Waals surface area contributed by atoms with Crippen molar-refractivity contribution >= 4 is 24.1 Å². The highest BCUT2D eigenvalue weighted by molar-refractivity contribution is 5.91. The van der Waals surface area contributed by atoms with Gasteiger partial charge in [0, 0.05) is 31.8 Å². The molecule has 0 fully saturated rings. The summed E-state index contributed by atoms with van der Waals surface area (Å²) in [6.45, 7) is 4.29. The van der Waals surface area contributed by atoms with Crippen LogP contribution in [0.2, 0.25) is 0 Å². The first kappa shape index (κ1) is 17.0. The van der Waals surface area contributed by atoms with Crippen molar-refractivity contribution in [2.75, 3.05) is 5.32 Å².